The van der Waals surface area contributed by atoms with Crippen LogP contribution in [0.1, 0.15) is 18.4 Å². The maximum Gasteiger partial charge on any atom is 0.307 e. The van der Waals surface area contributed by atoms with E-state index in [0.717, 1.165) is 10.8 Å². The minimum Gasteiger partial charge on any atom is -0.481 e. The molecule has 2 atom stereocenters. The first-order valence-electron chi connectivity index (χ1n) is 7.50. The molecule has 6 nitrogen and oxygen atoms in total. The van der Waals surface area contributed by atoms with Gasteiger partial charge in [-0.25, -0.2) is 0 Å². The molecular weight excluding hydrogens is 331 g/mol. The lowest BCUT2D eigenvalue weighted by molar-refractivity contribution is -0.142. The number of fused-ring (bicyclic) bond motifs is 1. The van der Waals surface area contributed by atoms with Gasteiger partial charge in [0, 0.05) is 18.7 Å². The molecule has 0 bridgehead atoms. The van der Waals surface area contributed by atoms with Crippen molar-refractivity contribution in [3.8, 4) is 0 Å². The lowest BCUT2D eigenvalue weighted by atomic mass is 10.1. The first-order valence-corrected chi connectivity index (χ1v) is 9.53. The molecule has 0 saturated heterocycles. The summed E-state index contributed by atoms with van der Waals surface area (Å²) < 4.78 is 12.4. The monoisotopic (exact) mass is 350 g/mol. The van der Waals surface area contributed by atoms with Crippen molar-refractivity contribution < 1.29 is 29.3 Å². The summed E-state index contributed by atoms with van der Waals surface area (Å²) in [4.78, 5) is 31.9. The van der Waals surface area contributed by atoms with E-state index < -0.39 is 31.4 Å². The van der Waals surface area contributed by atoms with Gasteiger partial charge in [0.15, 0.2) is 0 Å². The Balaban J connectivity index is 2.11. The van der Waals surface area contributed by atoms with E-state index in [0.29, 0.717) is 5.56 Å². The van der Waals surface area contributed by atoms with Gasteiger partial charge in [0.1, 0.15) is 0 Å². The third-order valence-electron chi connectivity index (χ3n) is 3.81. The van der Waals surface area contributed by atoms with Crippen molar-refractivity contribution in [2.75, 3.05) is 6.16 Å². The van der Waals surface area contributed by atoms with Crippen molar-refractivity contribution in [2.45, 2.75) is 19.0 Å². The molecule has 0 fully saturated rings. The highest BCUT2D eigenvalue weighted by Crippen LogP contribution is 2.47. The fourth-order valence-corrected chi connectivity index (χ4v) is 4.55. The zero-order valence-corrected chi connectivity index (χ0v) is 13.9. The van der Waals surface area contributed by atoms with E-state index in [2.05, 4.69) is 0 Å². The van der Waals surface area contributed by atoms with Gasteiger partial charge in [-0.05, 0) is 22.8 Å². The number of hydrogen-bond acceptors (Lipinski definition) is 3. The SMILES string of the molecule is O=C(O)CCC(CP(=O)(O)Cc1ccc2ccccc2c1)C(=O)O. The third kappa shape index (κ3) is 5.18. The molecule has 0 heterocycles. The van der Waals surface area contributed by atoms with Gasteiger partial charge in [-0.1, -0.05) is 42.5 Å². The summed E-state index contributed by atoms with van der Waals surface area (Å²) in [6.45, 7) is 0. The summed E-state index contributed by atoms with van der Waals surface area (Å²) >= 11 is 0. The van der Waals surface area contributed by atoms with E-state index >= 15 is 0 Å². The van der Waals surface area contributed by atoms with Crippen LogP contribution in [0.25, 0.3) is 10.8 Å². The lowest BCUT2D eigenvalue weighted by Crippen LogP contribution is -2.19. The molecule has 0 radical (unpaired) electrons. The zero-order valence-electron chi connectivity index (χ0n) is 13.0. The van der Waals surface area contributed by atoms with Crippen LogP contribution >= 0.6 is 7.37 Å². The second kappa shape index (κ2) is 7.60. The smallest absolute Gasteiger partial charge is 0.307 e. The Morgan fingerprint density at radius 3 is 2.33 bits per heavy atom. The Morgan fingerprint density at radius 2 is 1.71 bits per heavy atom. The molecule has 24 heavy (non-hydrogen) atoms. The first-order chi connectivity index (χ1) is 11.3. The number of hydrogen-bond donors (Lipinski definition) is 3. The molecule has 2 aromatic rings. The van der Waals surface area contributed by atoms with Crippen molar-refractivity contribution in [3.05, 3.63) is 48.0 Å². The van der Waals surface area contributed by atoms with Crippen LogP contribution in [0.2, 0.25) is 0 Å². The van der Waals surface area contributed by atoms with Crippen LogP contribution in [0.5, 0.6) is 0 Å². The van der Waals surface area contributed by atoms with E-state index in [1.54, 1.807) is 6.07 Å². The Kier molecular flexibility index (Phi) is 5.75. The van der Waals surface area contributed by atoms with E-state index in [9.17, 15) is 19.0 Å². The number of benzene rings is 2. The average Bonchev–Trinajstić information content (AvgIpc) is 2.50. The van der Waals surface area contributed by atoms with Crippen LogP contribution in [0.3, 0.4) is 0 Å². The Bertz CT molecular complexity index is 801. The molecule has 0 aliphatic heterocycles. The van der Waals surface area contributed by atoms with E-state index in [4.69, 9.17) is 10.2 Å². The Hall–Kier alpha value is -2.17. The van der Waals surface area contributed by atoms with Crippen molar-refractivity contribution in [1.29, 1.82) is 0 Å². The normalized spacial score (nSPS) is 14.9. The molecule has 0 amide bonds. The van der Waals surface area contributed by atoms with Crippen molar-refractivity contribution >= 4 is 30.1 Å². The highest BCUT2D eigenvalue weighted by Gasteiger charge is 2.29. The molecule has 0 saturated carbocycles. The predicted octanol–water partition coefficient (Wildman–Crippen LogP) is 3.18. The molecule has 0 aliphatic rings. The van der Waals surface area contributed by atoms with Crippen LogP contribution in [-0.2, 0) is 20.3 Å². The highest BCUT2D eigenvalue weighted by molar-refractivity contribution is 7.57. The second-order valence-corrected chi connectivity index (χ2v) is 8.21. The zero-order chi connectivity index (χ0) is 17.7. The van der Waals surface area contributed by atoms with Crippen molar-refractivity contribution in [1.82, 2.24) is 0 Å². The summed E-state index contributed by atoms with van der Waals surface area (Å²) in [6, 6.07) is 13.0. The van der Waals surface area contributed by atoms with E-state index in [-0.39, 0.29) is 19.0 Å². The van der Waals surface area contributed by atoms with Crippen LogP contribution < -0.4 is 0 Å². The quantitative estimate of drug-likeness (QED) is 0.631. The van der Waals surface area contributed by atoms with Crippen LogP contribution in [0.15, 0.2) is 42.5 Å². The second-order valence-electron chi connectivity index (χ2n) is 5.84. The third-order valence-corrected chi connectivity index (χ3v) is 5.68. The molecule has 3 N–H and O–H groups in total. The number of carboxylic acids is 2. The van der Waals surface area contributed by atoms with Crippen LogP contribution in [-0.4, -0.2) is 33.2 Å². The van der Waals surface area contributed by atoms with Crippen molar-refractivity contribution in [2.24, 2.45) is 5.92 Å². The van der Waals surface area contributed by atoms with Crippen LogP contribution in [0, 0.1) is 5.92 Å². The summed E-state index contributed by atoms with van der Waals surface area (Å²) in [5, 5.41) is 19.7. The molecule has 2 rings (SSSR count). The summed E-state index contributed by atoms with van der Waals surface area (Å²) in [5.41, 5.74) is 0.655. The molecule has 2 unspecified atom stereocenters. The molecule has 0 spiro atoms. The largest absolute Gasteiger partial charge is 0.481 e. The Morgan fingerprint density at radius 1 is 1.04 bits per heavy atom. The molecule has 7 heteroatoms. The van der Waals surface area contributed by atoms with Gasteiger partial charge in [0.2, 0.25) is 7.37 Å². The van der Waals surface area contributed by atoms with E-state index in [1.807, 2.05) is 36.4 Å². The highest BCUT2D eigenvalue weighted by atomic mass is 31.2. The van der Waals surface area contributed by atoms with Gasteiger partial charge in [0.05, 0.1) is 5.92 Å². The molecular formula is C17H19O6P. The van der Waals surface area contributed by atoms with Gasteiger partial charge < -0.3 is 15.1 Å². The maximum absolute atomic E-state index is 12.4. The van der Waals surface area contributed by atoms with Gasteiger partial charge >= 0.3 is 11.9 Å². The van der Waals surface area contributed by atoms with Gasteiger partial charge in [-0.3, -0.25) is 14.2 Å². The summed E-state index contributed by atoms with van der Waals surface area (Å²) in [7, 11) is -3.74. The minimum absolute atomic E-state index is 0.130. The topological polar surface area (TPSA) is 112 Å². The first kappa shape index (κ1) is 18.2. The average molecular weight is 350 g/mol. The number of aliphatic carboxylic acids is 2. The van der Waals surface area contributed by atoms with E-state index in [1.165, 1.54) is 0 Å². The molecule has 128 valence electrons. The Labute approximate surface area is 139 Å². The standard InChI is InChI=1S/C17H19O6P/c18-16(19)8-7-15(17(20)21)11-24(22,23)10-12-5-6-13-3-1-2-4-14(13)9-12/h1-6,9,15H,7-8,10-11H2,(H,18,19)(H,20,21)(H,22,23). The molecule has 0 aliphatic carbocycles. The van der Waals surface area contributed by atoms with Gasteiger partial charge in [0.25, 0.3) is 0 Å². The van der Waals surface area contributed by atoms with Gasteiger partial charge in [-0.2, -0.15) is 0 Å². The van der Waals surface area contributed by atoms with Crippen LogP contribution in [0.4, 0.5) is 0 Å². The number of carboxylic acid groups (broad SMARTS) is 2. The minimum atomic E-state index is -3.74. The fourth-order valence-electron chi connectivity index (χ4n) is 2.62. The number of carbonyl (C=O) groups is 2. The summed E-state index contributed by atoms with van der Waals surface area (Å²) in [6.07, 6.45) is -1.06. The number of rotatable bonds is 8. The lowest BCUT2D eigenvalue weighted by Gasteiger charge is -2.17. The summed E-state index contributed by atoms with van der Waals surface area (Å²) in [5.74, 6) is -3.51. The fraction of sp³-hybridized carbons (Fsp3) is 0.294. The molecule has 2 aromatic carbocycles. The maximum atomic E-state index is 12.4. The van der Waals surface area contributed by atoms with Gasteiger partial charge in [-0.15, -0.1) is 0 Å². The van der Waals surface area contributed by atoms with Crippen molar-refractivity contribution in [3.63, 3.8) is 0 Å². The predicted molar refractivity (Wildman–Crippen MR) is 90.3 cm³/mol. The molecule has 0 aromatic heterocycles.